The first-order valence-electron chi connectivity index (χ1n) is 8.61. The number of rotatable bonds is 5. The van der Waals surface area contributed by atoms with Crippen molar-refractivity contribution in [2.75, 3.05) is 40.4 Å². The first-order chi connectivity index (χ1) is 10.7. The minimum atomic E-state index is 0.625. The average molecular weight is 303 g/mol. The zero-order valence-electron chi connectivity index (χ0n) is 13.9. The van der Waals surface area contributed by atoms with E-state index in [2.05, 4.69) is 41.0 Å². The van der Waals surface area contributed by atoms with Crippen molar-refractivity contribution in [1.29, 1.82) is 0 Å². The van der Waals surface area contributed by atoms with Gasteiger partial charge in [-0.05, 0) is 63.4 Å². The molecule has 2 atom stereocenters. The highest BCUT2D eigenvalue weighted by Crippen LogP contribution is 2.27. The third kappa shape index (κ3) is 3.86. The minimum Gasteiger partial charge on any atom is -0.381 e. The lowest BCUT2D eigenvalue weighted by atomic mass is 9.96. The zero-order chi connectivity index (χ0) is 15.4. The summed E-state index contributed by atoms with van der Waals surface area (Å²) in [5.41, 5.74) is 1.41. The van der Waals surface area contributed by atoms with Gasteiger partial charge in [-0.15, -0.1) is 0 Å². The van der Waals surface area contributed by atoms with E-state index in [1.165, 1.54) is 37.9 Å². The first kappa shape index (κ1) is 15.9. The molecule has 22 heavy (non-hydrogen) atoms. The first-order valence-corrected chi connectivity index (χ1v) is 8.61. The molecular weight excluding hydrogens is 274 g/mol. The number of ether oxygens (including phenoxy) is 1. The van der Waals surface area contributed by atoms with E-state index in [0.717, 1.165) is 25.6 Å². The fraction of sp³-hybridized carbons (Fsp3) is 0.722. The van der Waals surface area contributed by atoms with Crippen molar-refractivity contribution in [1.82, 2.24) is 14.8 Å². The van der Waals surface area contributed by atoms with Crippen LogP contribution >= 0.6 is 0 Å². The Hall–Kier alpha value is -0.970. The summed E-state index contributed by atoms with van der Waals surface area (Å²) in [5, 5.41) is 0. The van der Waals surface area contributed by atoms with Gasteiger partial charge in [0, 0.05) is 50.8 Å². The van der Waals surface area contributed by atoms with Gasteiger partial charge in [0.25, 0.3) is 0 Å². The van der Waals surface area contributed by atoms with Crippen molar-refractivity contribution in [2.24, 2.45) is 5.92 Å². The second-order valence-electron chi connectivity index (χ2n) is 7.00. The van der Waals surface area contributed by atoms with Gasteiger partial charge < -0.3 is 9.64 Å². The Bertz CT molecular complexity index is 445. The summed E-state index contributed by atoms with van der Waals surface area (Å²) >= 11 is 0. The van der Waals surface area contributed by atoms with Gasteiger partial charge in [-0.1, -0.05) is 0 Å². The summed E-state index contributed by atoms with van der Waals surface area (Å²) in [6.45, 7) is 4.37. The van der Waals surface area contributed by atoms with Gasteiger partial charge in [-0.3, -0.25) is 9.88 Å². The lowest BCUT2D eigenvalue weighted by Crippen LogP contribution is -2.45. The van der Waals surface area contributed by atoms with Crippen LogP contribution in [0.2, 0.25) is 0 Å². The van der Waals surface area contributed by atoms with Crippen LogP contribution in [0.5, 0.6) is 0 Å². The molecule has 0 bridgehead atoms. The Kier molecular flexibility index (Phi) is 5.45. The summed E-state index contributed by atoms with van der Waals surface area (Å²) < 4.78 is 5.51. The number of likely N-dealkylation sites (N-methyl/N-ethyl adjacent to an activating group) is 1. The Morgan fingerprint density at radius 1 is 1.18 bits per heavy atom. The van der Waals surface area contributed by atoms with Gasteiger partial charge in [0.1, 0.15) is 0 Å². The van der Waals surface area contributed by atoms with Crippen LogP contribution in [0.4, 0.5) is 0 Å². The lowest BCUT2D eigenvalue weighted by Gasteiger charge is -2.34. The van der Waals surface area contributed by atoms with Crippen LogP contribution < -0.4 is 0 Å². The van der Waals surface area contributed by atoms with Crippen LogP contribution in [0.1, 0.15) is 24.8 Å². The second-order valence-corrected chi connectivity index (χ2v) is 7.00. The standard InChI is InChI=1S/C18H29N3O/c1-20(2)17-5-10-21(14-16-6-11-22-12-7-16)18(17)13-15-3-8-19-9-4-15/h3-4,8-9,16-18H,5-7,10-14H2,1-2H3/t17-,18-/m1/s1. The smallest absolute Gasteiger partial charge is 0.0469 e. The fourth-order valence-corrected chi connectivity index (χ4v) is 4.01. The number of aromatic nitrogens is 1. The highest BCUT2D eigenvalue weighted by molar-refractivity contribution is 5.13. The van der Waals surface area contributed by atoms with Gasteiger partial charge in [0.15, 0.2) is 0 Å². The number of pyridine rings is 1. The molecule has 0 radical (unpaired) electrons. The van der Waals surface area contributed by atoms with Gasteiger partial charge in [0.05, 0.1) is 0 Å². The highest BCUT2D eigenvalue weighted by Gasteiger charge is 2.36. The quantitative estimate of drug-likeness (QED) is 0.832. The van der Waals surface area contributed by atoms with Crippen LogP contribution in [0.25, 0.3) is 0 Å². The van der Waals surface area contributed by atoms with Crippen LogP contribution in [-0.4, -0.2) is 67.3 Å². The third-order valence-electron chi connectivity index (χ3n) is 5.32. The van der Waals surface area contributed by atoms with E-state index in [0.29, 0.717) is 12.1 Å². The van der Waals surface area contributed by atoms with Crippen molar-refractivity contribution in [3.8, 4) is 0 Å². The van der Waals surface area contributed by atoms with Gasteiger partial charge in [-0.2, -0.15) is 0 Å². The molecule has 0 spiro atoms. The second kappa shape index (κ2) is 7.53. The van der Waals surface area contributed by atoms with E-state index in [-0.39, 0.29) is 0 Å². The summed E-state index contributed by atoms with van der Waals surface area (Å²) in [4.78, 5) is 9.30. The molecule has 0 unspecified atom stereocenters. The largest absolute Gasteiger partial charge is 0.381 e. The van der Waals surface area contributed by atoms with Crippen molar-refractivity contribution < 1.29 is 4.74 Å². The molecule has 2 fully saturated rings. The monoisotopic (exact) mass is 303 g/mol. The molecular formula is C18H29N3O. The molecule has 2 aliphatic rings. The van der Waals surface area contributed by atoms with Crippen molar-refractivity contribution in [2.45, 2.75) is 37.8 Å². The molecule has 4 heteroatoms. The van der Waals surface area contributed by atoms with E-state index >= 15 is 0 Å². The van der Waals surface area contributed by atoms with E-state index in [9.17, 15) is 0 Å². The molecule has 1 aromatic heterocycles. The lowest BCUT2D eigenvalue weighted by molar-refractivity contribution is 0.0481. The topological polar surface area (TPSA) is 28.6 Å². The minimum absolute atomic E-state index is 0.625. The summed E-state index contributed by atoms with van der Waals surface area (Å²) in [5.74, 6) is 0.814. The van der Waals surface area contributed by atoms with Gasteiger partial charge in [0.2, 0.25) is 0 Å². The third-order valence-corrected chi connectivity index (χ3v) is 5.32. The normalized spacial score (nSPS) is 27.6. The predicted octanol–water partition coefficient (Wildman–Crippen LogP) is 2.06. The van der Waals surface area contributed by atoms with E-state index in [4.69, 9.17) is 4.74 Å². The zero-order valence-corrected chi connectivity index (χ0v) is 13.9. The molecule has 0 saturated carbocycles. The van der Waals surface area contributed by atoms with E-state index < -0.39 is 0 Å². The molecule has 0 aliphatic carbocycles. The van der Waals surface area contributed by atoms with Crippen molar-refractivity contribution in [3.05, 3.63) is 30.1 Å². The molecule has 0 amide bonds. The molecule has 0 N–H and O–H groups in total. The number of hydrogen-bond donors (Lipinski definition) is 0. The van der Waals surface area contributed by atoms with Crippen LogP contribution in [0.3, 0.4) is 0 Å². The van der Waals surface area contributed by atoms with Crippen LogP contribution in [0, 0.1) is 5.92 Å². The fourth-order valence-electron chi connectivity index (χ4n) is 4.01. The Morgan fingerprint density at radius 2 is 1.91 bits per heavy atom. The summed E-state index contributed by atoms with van der Waals surface area (Å²) in [6, 6.07) is 5.61. The summed E-state index contributed by atoms with van der Waals surface area (Å²) in [7, 11) is 4.45. The molecule has 122 valence electrons. The van der Waals surface area contributed by atoms with Crippen molar-refractivity contribution >= 4 is 0 Å². The maximum absolute atomic E-state index is 5.51. The number of nitrogens with zero attached hydrogens (tertiary/aromatic N) is 3. The van der Waals surface area contributed by atoms with Gasteiger partial charge in [-0.25, -0.2) is 0 Å². The Labute approximate surface area is 134 Å². The summed E-state index contributed by atoms with van der Waals surface area (Å²) in [6.07, 6.45) is 8.70. The molecule has 3 rings (SSSR count). The molecule has 2 aliphatic heterocycles. The van der Waals surface area contributed by atoms with Crippen molar-refractivity contribution in [3.63, 3.8) is 0 Å². The Morgan fingerprint density at radius 3 is 2.59 bits per heavy atom. The molecule has 4 nitrogen and oxygen atoms in total. The maximum Gasteiger partial charge on any atom is 0.0469 e. The van der Waals surface area contributed by atoms with Crippen LogP contribution in [-0.2, 0) is 11.2 Å². The molecule has 0 aromatic carbocycles. The average Bonchev–Trinajstić information content (AvgIpc) is 2.92. The molecule has 1 aromatic rings. The predicted molar refractivity (Wildman–Crippen MR) is 88.9 cm³/mol. The SMILES string of the molecule is CN(C)[C@@H]1CCN(CC2CCOCC2)[C@@H]1Cc1ccncc1. The Balaban J connectivity index is 1.67. The highest BCUT2D eigenvalue weighted by atomic mass is 16.5. The maximum atomic E-state index is 5.51. The number of hydrogen-bond acceptors (Lipinski definition) is 4. The molecule has 3 heterocycles. The van der Waals surface area contributed by atoms with E-state index in [1.807, 2.05) is 12.4 Å². The van der Waals surface area contributed by atoms with Gasteiger partial charge >= 0.3 is 0 Å². The molecule has 2 saturated heterocycles. The number of likely N-dealkylation sites (tertiary alicyclic amines) is 1. The van der Waals surface area contributed by atoms with Crippen LogP contribution in [0.15, 0.2) is 24.5 Å². The van der Waals surface area contributed by atoms with E-state index in [1.54, 1.807) is 0 Å².